The lowest BCUT2D eigenvalue weighted by molar-refractivity contribution is -0.389. The Balaban J connectivity index is 1.89. The molecule has 9 nitrogen and oxygen atoms in total. The highest BCUT2D eigenvalue weighted by molar-refractivity contribution is 5.73. The van der Waals surface area contributed by atoms with E-state index in [0.29, 0.717) is 36.3 Å². The number of nitrogens with zero attached hydrogens (tertiary/aromatic N) is 4. The summed E-state index contributed by atoms with van der Waals surface area (Å²) in [5, 5.41) is 27.0. The van der Waals surface area contributed by atoms with E-state index in [2.05, 4.69) is 25.6 Å². The van der Waals surface area contributed by atoms with Crippen molar-refractivity contribution in [3.8, 4) is 11.3 Å². The third-order valence-electron chi connectivity index (χ3n) is 4.95. The molecule has 29 heavy (non-hydrogen) atoms. The Kier molecular flexibility index (Phi) is 6.86. The number of rotatable bonds is 8. The molecule has 0 amide bonds. The summed E-state index contributed by atoms with van der Waals surface area (Å²) >= 11 is 0. The number of aliphatic hydroxyl groups excluding tert-OH is 1. The standard InChI is InChI=1S/C19H25FN6O3/c1-2-12(20)10-21-19-22-11-15(16-4-3-5-17(24-16)26(28)29)18(25-19)23-13-6-8-14(27)9-7-13/h3-5,11-14,27H,2,6-10H2,1H3,(H2,21,22,23,25)/t12-,13?,14?/m0/s1. The molecule has 3 N–H and O–H groups in total. The first-order valence-corrected chi connectivity index (χ1v) is 9.77. The molecule has 1 fully saturated rings. The van der Waals surface area contributed by atoms with E-state index in [-0.39, 0.29) is 30.5 Å². The van der Waals surface area contributed by atoms with Crippen LogP contribution in [0.25, 0.3) is 11.3 Å². The molecule has 3 rings (SSSR count). The number of aromatic nitrogens is 3. The molecule has 10 heteroatoms. The molecule has 156 valence electrons. The summed E-state index contributed by atoms with van der Waals surface area (Å²) in [7, 11) is 0. The fraction of sp³-hybridized carbons (Fsp3) is 0.526. The molecule has 0 spiro atoms. The van der Waals surface area contributed by atoms with Crippen molar-refractivity contribution in [3.63, 3.8) is 0 Å². The van der Waals surface area contributed by atoms with Crippen molar-refractivity contribution >= 4 is 17.6 Å². The zero-order valence-corrected chi connectivity index (χ0v) is 16.2. The number of anilines is 2. The minimum atomic E-state index is -1.01. The predicted molar refractivity (Wildman–Crippen MR) is 107 cm³/mol. The molecular formula is C19H25FN6O3. The van der Waals surface area contributed by atoms with Crippen LogP contribution in [0.5, 0.6) is 0 Å². The fourth-order valence-electron chi connectivity index (χ4n) is 3.20. The summed E-state index contributed by atoms with van der Waals surface area (Å²) in [6.07, 6.45) is 3.56. The predicted octanol–water partition coefficient (Wildman–Crippen LogP) is 3.32. The van der Waals surface area contributed by atoms with Gasteiger partial charge in [0.05, 0.1) is 11.7 Å². The van der Waals surface area contributed by atoms with Gasteiger partial charge in [0.25, 0.3) is 0 Å². The zero-order chi connectivity index (χ0) is 20.8. The van der Waals surface area contributed by atoms with Gasteiger partial charge in [-0.3, -0.25) is 0 Å². The zero-order valence-electron chi connectivity index (χ0n) is 16.2. The summed E-state index contributed by atoms with van der Waals surface area (Å²) in [6, 6.07) is 4.64. The number of nitro groups is 1. The number of halogens is 1. The van der Waals surface area contributed by atoms with E-state index in [1.54, 1.807) is 19.1 Å². The molecule has 1 aliphatic rings. The van der Waals surface area contributed by atoms with Crippen molar-refractivity contribution < 1.29 is 14.4 Å². The van der Waals surface area contributed by atoms with E-state index >= 15 is 0 Å². The number of pyridine rings is 1. The first-order chi connectivity index (χ1) is 14.0. The normalized spacial score (nSPS) is 20.1. The van der Waals surface area contributed by atoms with Crippen LogP contribution in [0.1, 0.15) is 39.0 Å². The van der Waals surface area contributed by atoms with Crippen LogP contribution in [0.15, 0.2) is 24.4 Å². The summed E-state index contributed by atoms with van der Waals surface area (Å²) in [6.45, 7) is 1.86. The first-order valence-electron chi connectivity index (χ1n) is 9.77. The minimum absolute atomic E-state index is 0.0972. The molecule has 0 bridgehead atoms. The van der Waals surface area contributed by atoms with Crippen molar-refractivity contribution in [2.24, 2.45) is 0 Å². The van der Waals surface area contributed by atoms with Crippen LogP contribution < -0.4 is 10.6 Å². The highest BCUT2D eigenvalue weighted by Crippen LogP contribution is 2.29. The first kappa shape index (κ1) is 20.8. The molecule has 0 saturated heterocycles. The van der Waals surface area contributed by atoms with Gasteiger partial charge in [-0.05, 0) is 54.1 Å². The van der Waals surface area contributed by atoms with Crippen LogP contribution in [-0.2, 0) is 0 Å². The molecule has 2 heterocycles. The number of aliphatic hydroxyl groups is 1. The highest BCUT2D eigenvalue weighted by Gasteiger charge is 2.23. The van der Waals surface area contributed by atoms with Crippen molar-refractivity contribution in [1.82, 2.24) is 15.0 Å². The van der Waals surface area contributed by atoms with Crippen LogP contribution in [0.4, 0.5) is 22.0 Å². The second-order valence-corrected chi connectivity index (χ2v) is 7.13. The van der Waals surface area contributed by atoms with Gasteiger partial charge in [-0.1, -0.05) is 6.92 Å². The lowest BCUT2D eigenvalue weighted by atomic mass is 9.93. The maximum absolute atomic E-state index is 13.6. The number of alkyl halides is 1. The largest absolute Gasteiger partial charge is 0.393 e. The van der Waals surface area contributed by atoms with E-state index in [0.717, 1.165) is 12.8 Å². The average Bonchev–Trinajstić information content (AvgIpc) is 2.74. The van der Waals surface area contributed by atoms with Crippen LogP contribution in [0.3, 0.4) is 0 Å². The lowest BCUT2D eigenvalue weighted by Gasteiger charge is -2.27. The smallest absolute Gasteiger partial charge is 0.364 e. The van der Waals surface area contributed by atoms with Gasteiger partial charge in [-0.2, -0.15) is 4.98 Å². The molecule has 2 aromatic heterocycles. The molecule has 0 radical (unpaired) electrons. The third-order valence-corrected chi connectivity index (χ3v) is 4.95. The van der Waals surface area contributed by atoms with E-state index in [1.807, 2.05) is 0 Å². The number of hydrogen-bond donors (Lipinski definition) is 3. The maximum Gasteiger partial charge on any atom is 0.364 e. The minimum Gasteiger partial charge on any atom is -0.393 e. The molecule has 0 aromatic carbocycles. The van der Waals surface area contributed by atoms with Crippen molar-refractivity contribution in [3.05, 3.63) is 34.5 Å². The summed E-state index contributed by atoms with van der Waals surface area (Å²) in [5.41, 5.74) is 0.902. The van der Waals surface area contributed by atoms with Crippen LogP contribution in [0, 0.1) is 10.1 Å². The lowest BCUT2D eigenvalue weighted by Crippen LogP contribution is -2.29. The number of nitrogens with one attached hydrogen (secondary N) is 2. The van der Waals surface area contributed by atoms with Gasteiger partial charge in [0.2, 0.25) is 5.95 Å². The average molecular weight is 404 g/mol. The van der Waals surface area contributed by atoms with E-state index in [9.17, 15) is 19.6 Å². The van der Waals surface area contributed by atoms with Gasteiger partial charge in [-0.15, -0.1) is 0 Å². The van der Waals surface area contributed by atoms with Crippen molar-refractivity contribution in [1.29, 1.82) is 0 Å². The molecule has 2 aromatic rings. The van der Waals surface area contributed by atoms with E-state index in [1.165, 1.54) is 12.3 Å². The Bertz CT molecular complexity index is 844. The fourth-order valence-corrected chi connectivity index (χ4v) is 3.20. The molecule has 1 aliphatic carbocycles. The molecule has 1 saturated carbocycles. The molecular weight excluding hydrogens is 379 g/mol. The summed E-state index contributed by atoms with van der Waals surface area (Å²) in [4.78, 5) is 23.3. The van der Waals surface area contributed by atoms with Crippen LogP contribution in [-0.4, -0.2) is 49.8 Å². The second kappa shape index (κ2) is 9.55. The second-order valence-electron chi connectivity index (χ2n) is 7.13. The van der Waals surface area contributed by atoms with Gasteiger partial charge >= 0.3 is 5.82 Å². The topological polar surface area (TPSA) is 126 Å². The third kappa shape index (κ3) is 5.57. The maximum atomic E-state index is 13.6. The Hall–Kier alpha value is -2.88. The van der Waals surface area contributed by atoms with Crippen LogP contribution >= 0.6 is 0 Å². The van der Waals surface area contributed by atoms with Crippen molar-refractivity contribution in [2.75, 3.05) is 17.2 Å². The molecule has 1 atom stereocenters. The van der Waals surface area contributed by atoms with Crippen molar-refractivity contribution in [2.45, 2.75) is 57.3 Å². The SMILES string of the molecule is CC[C@H](F)CNc1ncc(-c2cccc([N+](=O)[O-])n2)c(NC2CCC(O)CC2)n1. The summed E-state index contributed by atoms with van der Waals surface area (Å²) in [5.74, 6) is 0.483. The Labute approximate surface area is 168 Å². The van der Waals surface area contributed by atoms with Gasteiger partial charge in [0.15, 0.2) is 5.69 Å². The Morgan fingerprint density at radius 1 is 1.31 bits per heavy atom. The Morgan fingerprint density at radius 3 is 2.76 bits per heavy atom. The Morgan fingerprint density at radius 2 is 2.07 bits per heavy atom. The van der Waals surface area contributed by atoms with Crippen LogP contribution in [0.2, 0.25) is 0 Å². The quantitative estimate of drug-likeness (QED) is 0.452. The van der Waals surface area contributed by atoms with Gasteiger partial charge in [0.1, 0.15) is 12.0 Å². The molecule has 0 unspecified atom stereocenters. The van der Waals surface area contributed by atoms with Gasteiger partial charge in [0, 0.05) is 24.8 Å². The summed E-state index contributed by atoms with van der Waals surface area (Å²) < 4.78 is 13.6. The monoisotopic (exact) mass is 404 g/mol. The van der Waals surface area contributed by atoms with E-state index in [4.69, 9.17) is 0 Å². The van der Waals surface area contributed by atoms with Gasteiger partial charge in [-0.25, -0.2) is 9.37 Å². The number of hydrogen-bond acceptors (Lipinski definition) is 8. The highest BCUT2D eigenvalue weighted by atomic mass is 19.1. The molecule has 0 aliphatic heterocycles. The van der Waals surface area contributed by atoms with E-state index < -0.39 is 11.1 Å². The van der Waals surface area contributed by atoms with Gasteiger partial charge < -0.3 is 25.9 Å².